The van der Waals surface area contributed by atoms with Gasteiger partial charge in [0.05, 0.1) is 6.54 Å². The van der Waals surface area contributed by atoms with Gasteiger partial charge in [0.25, 0.3) is 5.91 Å². The molecule has 1 amide bonds. The first-order valence-corrected chi connectivity index (χ1v) is 4.34. The van der Waals surface area contributed by atoms with Crippen molar-refractivity contribution in [2.75, 3.05) is 0 Å². The number of nitrogens with zero attached hydrogens (tertiary/aromatic N) is 1. The van der Waals surface area contributed by atoms with E-state index in [1.807, 2.05) is 30.3 Å². The molecule has 0 N–H and O–H groups in total. The Balaban J connectivity index is 2.10. The van der Waals surface area contributed by atoms with Crippen LogP contribution in [0.3, 0.4) is 0 Å². The number of hydrogen-bond donors (Lipinski definition) is 0. The lowest BCUT2D eigenvalue weighted by molar-refractivity contribution is -0.139. The van der Waals surface area contributed by atoms with Crippen molar-refractivity contribution in [3.8, 4) is 0 Å². The molecule has 0 fully saturated rings. The van der Waals surface area contributed by atoms with Crippen molar-refractivity contribution in [3.05, 3.63) is 48.2 Å². The molecule has 1 aliphatic rings. The third-order valence-corrected chi connectivity index (χ3v) is 2.07. The van der Waals surface area contributed by atoms with Gasteiger partial charge in [0.15, 0.2) is 0 Å². The second-order valence-corrected chi connectivity index (χ2v) is 3.10. The molecule has 70 valence electrons. The van der Waals surface area contributed by atoms with Crippen LogP contribution in [0.1, 0.15) is 5.56 Å². The molecule has 0 saturated carbocycles. The molecule has 1 heterocycles. The molecule has 0 spiro atoms. The molecular weight excluding hydrogens is 178 g/mol. The van der Waals surface area contributed by atoms with Crippen molar-refractivity contribution in [2.45, 2.75) is 6.54 Å². The highest BCUT2D eigenvalue weighted by Gasteiger charge is 2.23. The molecule has 0 aromatic heterocycles. The van der Waals surface area contributed by atoms with Gasteiger partial charge in [-0.05, 0) is 5.56 Å². The molecule has 1 aromatic rings. The fraction of sp³-hybridized carbons (Fsp3) is 0.0909. The first-order chi connectivity index (χ1) is 6.77. The van der Waals surface area contributed by atoms with Gasteiger partial charge in [0, 0.05) is 12.3 Å². The average molecular weight is 187 g/mol. The predicted octanol–water partition coefficient (Wildman–Crippen LogP) is 1.11. The Morgan fingerprint density at radius 2 is 1.79 bits per heavy atom. The van der Waals surface area contributed by atoms with Crippen LogP contribution >= 0.6 is 0 Å². The number of ketones is 1. The first-order valence-electron chi connectivity index (χ1n) is 4.34. The summed E-state index contributed by atoms with van der Waals surface area (Å²) in [6.07, 6.45) is 2.82. The lowest BCUT2D eigenvalue weighted by Crippen LogP contribution is -2.25. The fourth-order valence-corrected chi connectivity index (χ4v) is 1.34. The fourth-order valence-electron chi connectivity index (χ4n) is 1.34. The van der Waals surface area contributed by atoms with Crippen molar-refractivity contribution in [1.82, 2.24) is 4.90 Å². The van der Waals surface area contributed by atoms with Crippen LogP contribution < -0.4 is 0 Å². The highest BCUT2D eigenvalue weighted by atomic mass is 16.2. The standard InChI is InChI=1S/C11H9NO2/c13-10-6-7-12(11(10)14)8-9-4-2-1-3-5-9/h1-7H,8H2. The maximum atomic E-state index is 11.2. The number of benzene rings is 1. The van der Waals surface area contributed by atoms with Gasteiger partial charge < -0.3 is 4.90 Å². The molecule has 0 aliphatic carbocycles. The summed E-state index contributed by atoms with van der Waals surface area (Å²) in [7, 11) is 0. The molecule has 14 heavy (non-hydrogen) atoms. The number of amides is 1. The molecule has 0 radical (unpaired) electrons. The highest BCUT2D eigenvalue weighted by molar-refractivity contribution is 6.42. The Morgan fingerprint density at radius 1 is 1.07 bits per heavy atom. The molecule has 1 aromatic carbocycles. The summed E-state index contributed by atoms with van der Waals surface area (Å²) < 4.78 is 0. The van der Waals surface area contributed by atoms with Gasteiger partial charge in [-0.3, -0.25) is 9.59 Å². The van der Waals surface area contributed by atoms with Crippen LogP contribution in [-0.4, -0.2) is 16.6 Å². The van der Waals surface area contributed by atoms with E-state index in [-0.39, 0.29) is 0 Å². The van der Waals surface area contributed by atoms with Gasteiger partial charge in [-0.2, -0.15) is 0 Å². The van der Waals surface area contributed by atoms with E-state index in [0.29, 0.717) is 6.54 Å². The van der Waals surface area contributed by atoms with E-state index in [1.54, 1.807) is 0 Å². The zero-order chi connectivity index (χ0) is 9.97. The average Bonchev–Trinajstić information content (AvgIpc) is 2.52. The van der Waals surface area contributed by atoms with Gasteiger partial charge in [-0.25, -0.2) is 0 Å². The maximum Gasteiger partial charge on any atom is 0.298 e. The van der Waals surface area contributed by atoms with Crippen LogP contribution in [-0.2, 0) is 16.1 Å². The molecule has 0 bridgehead atoms. The van der Waals surface area contributed by atoms with Gasteiger partial charge >= 0.3 is 0 Å². The van der Waals surface area contributed by atoms with Crippen LogP contribution in [0.4, 0.5) is 0 Å². The molecule has 0 unspecified atom stereocenters. The molecule has 0 saturated heterocycles. The number of carbonyl (C=O) groups is 2. The molecule has 2 rings (SSSR count). The summed E-state index contributed by atoms with van der Waals surface area (Å²) in [5.74, 6) is -0.894. The van der Waals surface area contributed by atoms with Crippen molar-refractivity contribution in [1.29, 1.82) is 0 Å². The van der Waals surface area contributed by atoms with Crippen molar-refractivity contribution in [2.24, 2.45) is 0 Å². The Labute approximate surface area is 81.6 Å². The zero-order valence-corrected chi connectivity index (χ0v) is 7.51. The normalized spacial score (nSPS) is 15.3. The van der Waals surface area contributed by atoms with Crippen LogP contribution in [0.15, 0.2) is 42.6 Å². The van der Waals surface area contributed by atoms with Crippen LogP contribution in [0.25, 0.3) is 0 Å². The van der Waals surface area contributed by atoms with Gasteiger partial charge in [-0.15, -0.1) is 0 Å². The quantitative estimate of drug-likeness (QED) is 0.650. The molecule has 1 aliphatic heterocycles. The van der Waals surface area contributed by atoms with Gasteiger partial charge in [0.2, 0.25) is 5.78 Å². The van der Waals surface area contributed by atoms with E-state index in [9.17, 15) is 9.59 Å². The third kappa shape index (κ3) is 1.57. The smallest absolute Gasteiger partial charge is 0.298 e. The third-order valence-electron chi connectivity index (χ3n) is 2.07. The molecule has 3 heteroatoms. The largest absolute Gasteiger partial charge is 0.308 e. The van der Waals surface area contributed by atoms with Gasteiger partial charge in [0.1, 0.15) is 0 Å². The number of hydrogen-bond acceptors (Lipinski definition) is 2. The summed E-state index contributed by atoms with van der Waals surface area (Å²) in [4.78, 5) is 23.5. The molecule has 0 atom stereocenters. The van der Waals surface area contributed by atoms with E-state index in [0.717, 1.165) is 5.56 Å². The minimum absolute atomic E-state index is 0.444. The minimum atomic E-state index is -0.450. The second kappa shape index (κ2) is 3.46. The van der Waals surface area contributed by atoms with Crippen molar-refractivity contribution < 1.29 is 9.59 Å². The minimum Gasteiger partial charge on any atom is -0.308 e. The Bertz CT molecular complexity index is 395. The topological polar surface area (TPSA) is 37.4 Å². The lowest BCUT2D eigenvalue weighted by atomic mass is 10.2. The summed E-state index contributed by atoms with van der Waals surface area (Å²) in [6.45, 7) is 0.460. The second-order valence-electron chi connectivity index (χ2n) is 3.10. The van der Waals surface area contributed by atoms with Crippen LogP contribution in [0.5, 0.6) is 0 Å². The van der Waals surface area contributed by atoms with E-state index >= 15 is 0 Å². The van der Waals surface area contributed by atoms with Gasteiger partial charge in [-0.1, -0.05) is 30.3 Å². The Morgan fingerprint density at radius 3 is 2.36 bits per heavy atom. The Hall–Kier alpha value is -1.90. The summed E-state index contributed by atoms with van der Waals surface area (Å²) in [6, 6.07) is 9.56. The first kappa shape index (κ1) is 8.69. The van der Waals surface area contributed by atoms with E-state index in [2.05, 4.69) is 0 Å². The highest BCUT2D eigenvalue weighted by Crippen LogP contribution is 2.09. The van der Waals surface area contributed by atoms with Crippen LogP contribution in [0, 0.1) is 0 Å². The number of carbonyl (C=O) groups excluding carboxylic acids is 2. The van der Waals surface area contributed by atoms with E-state index < -0.39 is 11.7 Å². The predicted molar refractivity (Wildman–Crippen MR) is 51.1 cm³/mol. The molecule has 3 nitrogen and oxygen atoms in total. The monoisotopic (exact) mass is 187 g/mol. The lowest BCUT2D eigenvalue weighted by Gasteiger charge is -2.11. The Kier molecular flexibility index (Phi) is 2.14. The summed E-state index contributed by atoms with van der Waals surface area (Å²) in [5, 5.41) is 0. The maximum absolute atomic E-state index is 11.2. The van der Waals surface area contributed by atoms with E-state index in [1.165, 1.54) is 17.2 Å². The summed E-state index contributed by atoms with van der Waals surface area (Å²) in [5.41, 5.74) is 1.01. The summed E-state index contributed by atoms with van der Waals surface area (Å²) >= 11 is 0. The number of rotatable bonds is 2. The van der Waals surface area contributed by atoms with Crippen LogP contribution in [0.2, 0.25) is 0 Å². The zero-order valence-electron chi connectivity index (χ0n) is 7.51. The van der Waals surface area contributed by atoms with Crippen molar-refractivity contribution in [3.63, 3.8) is 0 Å². The SMILES string of the molecule is O=C1C=CN(Cc2ccccc2)C1=O. The van der Waals surface area contributed by atoms with Crippen molar-refractivity contribution >= 4 is 11.7 Å². The van der Waals surface area contributed by atoms with E-state index in [4.69, 9.17) is 0 Å². The molecular formula is C11H9NO2.